The number of likely N-dealkylation sites (N-methyl/N-ethyl adjacent to an activating group) is 1. The van der Waals surface area contributed by atoms with Crippen LogP contribution in [0, 0.1) is 6.92 Å². The van der Waals surface area contributed by atoms with E-state index < -0.39 is 0 Å². The average Bonchev–Trinajstić information content (AvgIpc) is 2.73. The Hall–Kier alpha value is -3.22. The quantitative estimate of drug-likeness (QED) is 0.527. The highest BCUT2D eigenvalue weighted by molar-refractivity contribution is 5.86. The lowest BCUT2D eigenvalue weighted by Gasteiger charge is -2.16. The lowest BCUT2D eigenvalue weighted by atomic mass is 10.1. The van der Waals surface area contributed by atoms with Crippen molar-refractivity contribution in [2.75, 3.05) is 34.9 Å². The summed E-state index contributed by atoms with van der Waals surface area (Å²) in [7, 11) is 6.75. The number of aryl methyl sites for hydroxylation is 1. The third-order valence-electron chi connectivity index (χ3n) is 4.37. The van der Waals surface area contributed by atoms with Crippen LogP contribution in [0.1, 0.15) is 16.7 Å². The predicted octanol–water partition coefficient (Wildman–Crippen LogP) is 2.34. The van der Waals surface area contributed by atoms with Gasteiger partial charge in [0.15, 0.2) is 5.96 Å². The Morgan fingerprint density at radius 3 is 2.38 bits per heavy atom. The Morgan fingerprint density at radius 2 is 1.76 bits per heavy atom. The lowest BCUT2D eigenvalue weighted by Crippen LogP contribution is -2.42. The van der Waals surface area contributed by atoms with Crippen LogP contribution in [0.5, 0.6) is 11.5 Å². The third-order valence-corrected chi connectivity index (χ3v) is 4.37. The molecule has 7 heteroatoms. The molecule has 2 aromatic rings. The number of methoxy groups -OCH3 is 2. The second-order valence-electron chi connectivity index (χ2n) is 6.82. The second-order valence-corrected chi connectivity index (χ2v) is 6.82. The molecule has 0 atom stereocenters. The molecule has 0 heterocycles. The van der Waals surface area contributed by atoms with E-state index in [1.807, 2.05) is 49.4 Å². The van der Waals surface area contributed by atoms with Crippen molar-refractivity contribution in [2.45, 2.75) is 20.0 Å². The summed E-state index contributed by atoms with van der Waals surface area (Å²) in [4.78, 5) is 18.1. The Balaban J connectivity index is 2.09. The maximum atomic E-state index is 12.0. The lowest BCUT2D eigenvalue weighted by molar-refractivity contribution is -0.127. The zero-order chi connectivity index (χ0) is 21.2. The van der Waals surface area contributed by atoms with Crippen LogP contribution < -0.4 is 20.1 Å². The van der Waals surface area contributed by atoms with Crippen LogP contribution in [-0.4, -0.2) is 51.6 Å². The van der Waals surface area contributed by atoms with Crippen LogP contribution in [0.2, 0.25) is 0 Å². The van der Waals surface area contributed by atoms with Crippen LogP contribution in [0.3, 0.4) is 0 Å². The van der Waals surface area contributed by atoms with E-state index in [-0.39, 0.29) is 12.5 Å². The first-order valence-corrected chi connectivity index (χ1v) is 9.41. The first-order chi connectivity index (χ1) is 13.9. The Bertz CT molecular complexity index is 832. The highest BCUT2D eigenvalue weighted by atomic mass is 16.5. The van der Waals surface area contributed by atoms with E-state index in [2.05, 4.69) is 15.6 Å². The Labute approximate surface area is 172 Å². The minimum atomic E-state index is -0.0307. The van der Waals surface area contributed by atoms with Crippen LogP contribution in [0.4, 0.5) is 0 Å². The van der Waals surface area contributed by atoms with E-state index in [9.17, 15) is 4.79 Å². The number of nitrogens with one attached hydrogen (secondary N) is 2. The van der Waals surface area contributed by atoms with Crippen LogP contribution in [0.25, 0.3) is 0 Å². The Kier molecular flexibility index (Phi) is 8.33. The highest BCUT2D eigenvalue weighted by Gasteiger charge is 2.08. The summed E-state index contributed by atoms with van der Waals surface area (Å²) in [6, 6.07) is 13.8. The van der Waals surface area contributed by atoms with Gasteiger partial charge in [0, 0.05) is 26.2 Å². The normalized spacial score (nSPS) is 11.0. The van der Waals surface area contributed by atoms with E-state index in [0.29, 0.717) is 19.0 Å². The molecule has 0 aliphatic carbocycles. The number of hydrogen-bond donors (Lipinski definition) is 2. The van der Waals surface area contributed by atoms with E-state index >= 15 is 0 Å². The number of ether oxygens (including phenoxy) is 2. The fourth-order valence-corrected chi connectivity index (χ4v) is 2.57. The molecule has 0 aromatic heterocycles. The summed E-state index contributed by atoms with van der Waals surface area (Å²) in [5.74, 6) is 2.14. The molecule has 2 aromatic carbocycles. The molecule has 0 unspecified atom stereocenters. The summed E-state index contributed by atoms with van der Waals surface area (Å²) in [5, 5.41) is 6.38. The van der Waals surface area contributed by atoms with Crippen molar-refractivity contribution in [1.29, 1.82) is 0 Å². The maximum absolute atomic E-state index is 12.0. The summed E-state index contributed by atoms with van der Waals surface area (Å²) in [6.45, 7) is 3.18. The minimum Gasteiger partial charge on any atom is -0.497 e. The van der Waals surface area contributed by atoms with Crippen molar-refractivity contribution >= 4 is 11.9 Å². The molecule has 29 heavy (non-hydrogen) atoms. The number of amides is 1. The van der Waals surface area contributed by atoms with Gasteiger partial charge in [0.05, 0.1) is 27.3 Å². The number of rotatable bonds is 8. The number of hydrogen-bond acceptors (Lipinski definition) is 4. The molecule has 2 rings (SSSR count). The van der Waals surface area contributed by atoms with Gasteiger partial charge < -0.3 is 25.0 Å². The number of guanidine groups is 1. The van der Waals surface area contributed by atoms with E-state index in [0.717, 1.165) is 28.2 Å². The van der Waals surface area contributed by atoms with Crippen molar-refractivity contribution in [2.24, 2.45) is 4.99 Å². The molecule has 0 saturated heterocycles. The molecule has 0 bridgehead atoms. The van der Waals surface area contributed by atoms with Gasteiger partial charge in [-0.1, -0.05) is 24.3 Å². The van der Waals surface area contributed by atoms with Gasteiger partial charge in [0.25, 0.3) is 0 Å². The molecule has 2 N–H and O–H groups in total. The SMILES string of the molecule is COc1ccc(CN=C(NCC(=O)N(C)C)NCc2ccc(C)cc2OC)cc1. The van der Waals surface area contributed by atoms with E-state index in [4.69, 9.17) is 9.47 Å². The van der Waals surface area contributed by atoms with Gasteiger partial charge in [0.2, 0.25) is 5.91 Å². The maximum Gasteiger partial charge on any atom is 0.241 e. The summed E-state index contributed by atoms with van der Waals surface area (Å²) in [5.41, 5.74) is 3.18. The fraction of sp³-hybridized carbons (Fsp3) is 0.364. The molecule has 0 spiro atoms. The fourth-order valence-electron chi connectivity index (χ4n) is 2.57. The van der Waals surface area contributed by atoms with Gasteiger partial charge >= 0.3 is 0 Å². The van der Waals surface area contributed by atoms with E-state index in [1.165, 1.54) is 4.90 Å². The summed E-state index contributed by atoms with van der Waals surface area (Å²) in [6.07, 6.45) is 0. The molecular weight excluding hydrogens is 368 g/mol. The number of carbonyl (C=O) groups excluding carboxylic acids is 1. The van der Waals surface area contributed by atoms with Gasteiger partial charge in [-0.15, -0.1) is 0 Å². The molecular formula is C22H30N4O3. The molecule has 156 valence electrons. The summed E-state index contributed by atoms with van der Waals surface area (Å²) < 4.78 is 10.7. The van der Waals surface area contributed by atoms with Crippen molar-refractivity contribution in [3.05, 3.63) is 59.2 Å². The van der Waals surface area contributed by atoms with E-state index in [1.54, 1.807) is 28.3 Å². The highest BCUT2D eigenvalue weighted by Crippen LogP contribution is 2.19. The largest absolute Gasteiger partial charge is 0.497 e. The van der Waals surface area contributed by atoms with Gasteiger partial charge in [-0.2, -0.15) is 0 Å². The number of nitrogens with zero attached hydrogens (tertiary/aromatic N) is 2. The monoisotopic (exact) mass is 398 g/mol. The van der Waals surface area contributed by atoms with Gasteiger partial charge in [-0.3, -0.25) is 4.79 Å². The smallest absolute Gasteiger partial charge is 0.241 e. The second kappa shape index (κ2) is 10.9. The van der Waals surface area contributed by atoms with Crippen molar-refractivity contribution in [1.82, 2.24) is 15.5 Å². The first kappa shape index (κ1) is 22.1. The molecule has 1 amide bonds. The van der Waals surface area contributed by atoms with Crippen molar-refractivity contribution in [3.63, 3.8) is 0 Å². The topological polar surface area (TPSA) is 75.2 Å². The zero-order valence-corrected chi connectivity index (χ0v) is 17.8. The zero-order valence-electron chi connectivity index (χ0n) is 17.8. The summed E-state index contributed by atoms with van der Waals surface area (Å²) >= 11 is 0. The standard InChI is InChI=1S/C22H30N4O3/c1-16-6-9-18(20(12-16)29-5)14-24-22(25-15-21(27)26(2)3)23-13-17-7-10-19(28-4)11-8-17/h6-12H,13-15H2,1-5H3,(H2,23,24,25). The minimum absolute atomic E-state index is 0.0307. The van der Waals surface area contributed by atoms with Gasteiger partial charge in [0.1, 0.15) is 11.5 Å². The predicted molar refractivity (Wildman–Crippen MR) is 115 cm³/mol. The van der Waals surface area contributed by atoms with Crippen LogP contribution in [-0.2, 0) is 17.9 Å². The van der Waals surface area contributed by atoms with Crippen molar-refractivity contribution in [3.8, 4) is 11.5 Å². The average molecular weight is 399 g/mol. The van der Waals surface area contributed by atoms with Gasteiger partial charge in [-0.25, -0.2) is 4.99 Å². The molecule has 0 saturated carbocycles. The number of aliphatic imine (C=N–C) groups is 1. The number of carbonyl (C=O) groups is 1. The van der Waals surface area contributed by atoms with Crippen LogP contribution in [0.15, 0.2) is 47.5 Å². The molecule has 7 nitrogen and oxygen atoms in total. The van der Waals surface area contributed by atoms with Crippen LogP contribution >= 0.6 is 0 Å². The molecule has 0 fully saturated rings. The van der Waals surface area contributed by atoms with Gasteiger partial charge in [-0.05, 0) is 36.2 Å². The molecule has 0 aliphatic heterocycles. The Morgan fingerprint density at radius 1 is 1.03 bits per heavy atom. The van der Waals surface area contributed by atoms with Crippen molar-refractivity contribution < 1.29 is 14.3 Å². The first-order valence-electron chi connectivity index (χ1n) is 9.41. The molecule has 0 radical (unpaired) electrons. The molecule has 0 aliphatic rings. The third kappa shape index (κ3) is 7.03. The number of benzene rings is 2.